The van der Waals surface area contributed by atoms with Gasteiger partial charge < -0.3 is 11.1 Å². The molecule has 3 aromatic rings. The number of urea groups is 1. The molecule has 0 radical (unpaired) electrons. The van der Waals surface area contributed by atoms with Gasteiger partial charge in [-0.05, 0) is 49.1 Å². The van der Waals surface area contributed by atoms with Gasteiger partial charge in [0.1, 0.15) is 12.2 Å². The third-order valence-electron chi connectivity index (χ3n) is 6.34. The van der Waals surface area contributed by atoms with Crippen LogP contribution in [0.1, 0.15) is 37.5 Å². The first-order chi connectivity index (χ1) is 15.9. The van der Waals surface area contributed by atoms with Crippen LogP contribution in [-0.4, -0.2) is 19.6 Å². The van der Waals surface area contributed by atoms with E-state index in [1.165, 1.54) is 0 Å². The first-order valence-corrected chi connectivity index (χ1v) is 11.9. The molecule has 0 aliphatic heterocycles. The lowest BCUT2D eigenvalue weighted by atomic mass is 10.0. The number of hydrogen-bond acceptors (Lipinski definition) is 3. The topological polar surface area (TPSA) is 67.1 Å². The van der Waals surface area contributed by atoms with Crippen molar-refractivity contribution < 1.29 is 4.79 Å². The smallest absolute Gasteiger partial charge is 0.398 e. The van der Waals surface area contributed by atoms with Gasteiger partial charge in [-0.25, -0.2) is 9.28 Å². The molecule has 0 saturated carbocycles. The molecular weight excluding hydrogens is 432 g/mol. The summed E-state index contributed by atoms with van der Waals surface area (Å²) in [6, 6.07) is 19.8. The largest absolute Gasteiger partial charge is 0.426 e. The van der Waals surface area contributed by atoms with E-state index in [1.54, 1.807) is 6.07 Å². The molecule has 0 heterocycles. The first kappa shape index (κ1) is 24.6. The van der Waals surface area contributed by atoms with Crippen molar-refractivity contribution in [3.05, 3.63) is 82.4 Å². The molecule has 2 amide bonds. The molecule has 0 aliphatic carbocycles. The van der Waals surface area contributed by atoms with Crippen LogP contribution in [-0.2, 0) is 19.4 Å². The van der Waals surface area contributed by atoms with E-state index in [-0.39, 0.29) is 10.5 Å². The molecule has 33 heavy (non-hydrogen) atoms. The lowest BCUT2D eigenvalue weighted by Gasteiger charge is -2.35. The molecule has 1 atom stereocenters. The molecule has 1 unspecified atom stereocenters. The van der Waals surface area contributed by atoms with Crippen molar-refractivity contribution in [1.29, 1.82) is 0 Å². The number of halogens is 1. The van der Waals surface area contributed by atoms with Gasteiger partial charge in [-0.1, -0.05) is 55.8 Å². The maximum atomic E-state index is 14.1. The second-order valence-electron chi connectivity index (χ2n) is 8.14. The maximum Gasteiger partial charge on any atom is 0.426 e. The van der Waals surface area contributed by atoms with Gasteiger partial charge in [0.25, 0.3) is 0 Å². The number of carbonyl (C=O) groups excluding carboxylic acids is 1. The number of nitrogens with two attached hydrogens (primary N) is 1. The molecule has 0 aliphatic rings. The van der Waals surface area contributed by atoms with E-state index in [0.29, 0.717) is 36.6 Å². The number of quaternary nitrogens is 1. The zero-order chi connectivity index (χ0) is 24.0. The first-order valence-electron chi connectivity index (χ1n) is 11.5. The molecular formula is C27H34ClN4O+. The number of amides is 2. The number of benzene rings is 3. The zero-order valence-electron chi connectivity index (χ0n) is 19.9. The molecule has 174 valence electrons. The van der Waals surface area contributed by atoms with Crippen molar-refractivity contribution in [3.8, 4) is 0 Å². The normalized spacial score (nSPS) is 12.8. The van der Waals surface area contributed by atoms with Crippen LogP contribution < -0.4 is 20.9 Å². The number of rotatable bonds is 8. The van der Waals surface area contributed by atoms with E-state index >= 15 is 0 Å². The van der Waals surface area contributed by atoms with E-state index in [1.807, 2.05) is 70.3 Å². The summed E-state index contributed by atoms with van der Waals surface area (Å²) in [6.07, 6.45) is 1.40. The van der Waals surface area contributed by atoms with Crippen molar-refractivity contribution in [1.82, 2.24) is 4.48 Å². The Labute approximate surface area is 202 Å². The van der Waals surface area contributed by atoms with Crippen molar-refractivity contribution in [3.63, 3.8) is 0 Å². The average molecular weight is 466 g/mol. The Balaban J connectivity index is 2.14. The number of carbonyl (C=O) groups is 1. The van der Waals surface area contributed by atoms with E-state index < -0.39 is 0 Å². The predicted molar refractivity (Wildman–Crippen MR) is 142 cm³/mol. The van der Waals surface area contributed by atoms with Gasteiger partial charge in [0.2, 0.25) is 0 Å². The molecule has 4 N–H and O–H groups in total. The van der Waals surface area contributed by atoms with Crippen LogP contribution in [0, 0.1) is 0 Å². The Morgan fingerprint density at radius 2 is 1.61 bits per heavy atom. The fourth-order valence-corrected chi connectivity index (χ4v) is 4.72. The summed E-state index contributed by atoms with van der Waals surface area (Å²) in [6.45, 7) is 7.23. The number of nitrogens with one attached hydrogen (secondary N) is 2. The third kappa shape index (κ3) is 5.00. The minimum atomic E-state index is -0.107. The summed E-state index contributed by atoms with van der Waals surface area (Å²) in [5.41, 5.74) is 12.5. The van der Waals surface area contributed by atoms with E-state index in [4.69, 9.17) is 17.3 Å². The summed E-state index contributed by atoms with van der Waals surface area (Å²) in [4.78, 5) is 14.1. The highest BCUT2D eigenvalue weighted by Gasteiger charge is 2.39. The van der Waals surface area contributed by atoms with Gasteiger partial charge in [0, 0.05) is 41.1 Å². The van der Waals surface area contributed by atoms with Crippen LogP contribution in [0.25, 0.3) is 0 Å². The lowest BCUT2D eigenvalue weighted by Crippen LogP contribution is -2.55. The highest BCUT2D eigenvalue weighted by Crippen LogP contribution is 2.36. The Kier molecular flexibility index (Phi) is 8.01. The standard InChI is InChI=1S/C27H33ClN4O/c1-5-22-24(28)17-25(29)23(6-2)26(22)31-27(33)32(7-3,18-19-11-9-8-10-12-19)21-15-13-20(30-4)14-16-21/h8-17,30H,5-7,18,29H2,1-4H3/p+1. The number of anilines is 3. The van der Waals surface area contributed by atoms with Gasteiger partial charge >= 0.3 is 6.03 Å². The summed E-state index contributed by atoms with van der Waals surface area (Å²) < 4.78 is 0.118. The Morgan fingerprint density at radius 3 is 2.15 bits per heavy atom. The molecule has 3 rings (SSSR count). The fraction of sp³-hybridized carbons (Fsp3) is 0.296. The molecule has 0 spiro atoms. The quantitative estimate of drug-likeness (QED) is 0.252. The average Bonchev–Trinajstić information content (AvgIpc) is 2.83. The summed E-state index contributed by atoms with van der Waals surface area (Å²) in [5.74, 6) is 0. The van der Waals surface area contributed by atoms with Crippen molar-refractivity contribution in [2.45, 2.75) is 40.2 Å². The van der Waals surface area contributed by atoms with Crippen LogP contribution in [0.2, 0.25) is 5.02 Å². The van der Waals surface area contributed by atoms with Crippen molar-refractivity contribution >= 4 is 40.4 Å². The molecule has 0 bridgehead atoms. The van der Waals surface area contributed by atoms with E-state index in [2.05, 4.69) is 22.8 Å². The SMILES string of the molecule is CCc1c(N)cc(Cl)c(CC)c1NC(=O)[N+](CC)(Cc1ccccc1)c1ccc(NC)cc1. The van der Waals surface area contributed by atoms with Gasteiger partial charge in [-0.15, -0.1) is 0 Å². The fourth-order valence-electron chi connectivity index (χ4n) is 4.37. The van der Waals surface area contributed by atoms with E-state index in [9.17, 15) is 4.79 Å². The summed E-state index contributed by atoms with van der Waals surface area (Å²) in [5, 5.41) is 6.99. The number of nitrogens with zero attached hydrogens (tertiary/aromatic N) is 1. The van der Waals surface area contributed by atoms with Crippen LogP contribution in [0.15, 0.2) is 60.7 Å². The molecule has 0 saturated heterocycles. The Morgan fingerprint density at radius 1 is 0.970 bits per heavy atom. The van der Waals surface area contributed by atoms with Gasteiger partial charge in [-0.2, -0.15) is 0 Å². The van der Waals surface area contributed by atoms with Crippen LogP contribution in [0.3, 0.4) is 0 Å². The maximum absolute atomic E-state index is 14.1. The van der Waals surface area contributed by atoms with Crippen LogP contribution in [0.5, 0.6) is 0 Å². The van der Waals surface area contributed by atoms with Crippen LogP contribution in [0.4, 0.5) is 27.5 Å². The number of hydrogen-bond donors (Lipinski definition) is 3. The predicted octanol–water partition coefficient (Wildman–Crippen LogP) is 6.85. The van der Waals surface area contributed by atoms with Crippen molar-refractivity contribution in [2.24, 2.45) is 0 Å². The zero-order valence-corrected chi connectivity index (χ0v) is 20.7. The highest BCUT2D eigenvalue weighted by atomic mass is 35.5. The second kappa shape index (κ2) is 10.7. The molecule has 6 heteroatoms. The second-order valence-corrected chi connectivity index (χ2v) is 8.55. The summed E-state index contributed by atoms with van der Waals surface area (Å²) in [7, 11) is 1.88. The summed E-state index contributed by atoms with van der Waals surface area (Å²) >= 11 is 6.53. The minimum absolute atomic E-state index is 0.107. The molecule has 0 aromatic heterocycles. The third-order valence-corrected chi connectivity index (χ3v) is 6.67. The molecule has 3 aromatic carbocycles. The number of nitrogen functional groups attached to an aromatic ring is 1. The lowest BCUT2D eigenvalue weighted by molar-refractivity contribution is 0.212. The van der Waals surface area contributed by atoms with E-state index in [0.717, 1.165) is 33.8 Å². The highest BCUT2D eigenvalue weighted by molar-refractivity contribution is 6.32. The van der Waals surface area contributed by atoms with Crippen LogP contribution >= 0.6 is 11.6 Å². The monoisotopic (exact) mass is 465 g/mol. The van der Waals surface area contributed by atoms with Crippen molar-refractivity contribution in [2.75, 3.05) is 30.0 Å². The minimum Gasteiger partial charge on any atom is -0.398 e. The molecule has 5 nitrogen and oxygen atoms in total. The van der Waals surface area contributed by atoms with Gasteiger partial charge in [-0.3, -0.25) is 5.32 Å². The molecule has 0 fully saturated rings. The van der Waals surface area contributed by atoms with Gasteiger partial charge in [0.15, 0.2) is 0 Å². The van der Waals surface area contributed by atoms with Gasteiger partial charge in [0.05, 0.1) is 12.2 Å². The Bertz CT molecular complexity index is 1070. The Hall–Kier alpha value is -3.02.